The molecule has 0 aliphatic carbocycles. The summed E-state index contributed by atoms with van der Waals surface area (Å²) >= 11 is 0. The van der Waals surface area contributed by atoms with Crippen molar-refractivity contribution in [3.8, 4) is 0 Å². The first-order valence-corrected chi connectivity index (χ1v) is 18.5. The fraction of sp³-hybridized carbons (Fsp3) is 0.676. The number of phosphoric acid groups is 1. The highest BCUT2D eigenvalue weighted by molar-refractivity contribution is 7.48. The molecule has 1 aliphatic rings. The number of unbranched alkanes of at least 4 members (excludes halogenated alkanes) is 2. The van der Waals surface area contributed by atoms with Crippen LogP contribution in [0.5, 0.6) is 0 Å². The number of hydrogen-bond acceptors (Lipinski definition) is 10. The summed E-state index contributed by atoms with van der Waals surface area (Å²) in [5.74, 6) is -3.20. The number of aryl methyl sites for hydroxylation is 1. The standard InChI is InChI=1S/C34H55N4O10P/c1-8-10-19-46-49(44,47-20-11-9-2)48-24(5)30(33(43)38-29(23(3)4)31(41)34(7)22-45-34)37-28(40)21-35-32(42)27(36-25(6)39)18-17-26-15-13-12-14-16-26/h12-16,23-24,27,29-30H,8-11,17-22H2,1-7H3,(H,35,42)(H,36,39)(H,37,40)(H,38,43)/t24-,27+,29?,30+,34-/m1/s1. The van der Waals surface area contributed by atoms with Crippen LogP contribution in [0, 0.1) is 5.92 Å². The number of benzene rings is 1. The molecule has 4 amide bonds. The Morgan fingerprint density at radius 3 is 2.00 bits per heavy atom. The average molecular weight is 711 g/mol. The minimum absolute atomic E-state index is 0.0874. The molecular formula is C34H55N4O10P. The molecular weight excluding hydrogens is 655 g/mol. The summed E-state index contributed by atoms with van der Waals surface area (Å²) in [6, 6.07) is 6.08. The van der Waals surface area contributed by atoms with Crippen molar-refractivity contribution in [2.75, 3.05) is 26.4 Å². The average Bonchev–Trinajstić information content (AvgIpc) is 3.81. The van der Waals surface area contributed by atoms with Crippen molar-refractivity contribution < 1.29 is 46.8 Å². The second-order valence-corrected chi connectivity index (χ2v) is 14.4. The number of ketones is 1. The van der Waals surface area contributed by atoms with E-state index in [9.17, 15) is 28.5 Å². The van der Waals surface area contributed by atoms with E-state index in [4.69, 9.17) is 18.3 Å². The number of hydrogen-bond donors (Lipinski definition) is 4. The molecule has 1 unspecified atom stereocenters. The normalized spacial score (nSPS) is 18.1. The van der Waals surface area contributed by atoms with Gasteiger partial charge in [-0.1, -0.05) is 70.9 Å². The fourth-order valence-electron chi connectivity index (χ4n) is 4.74. The molecule has 1 fully saturated rings. The summed E-state index contributed by atoms with van der Waals surface area (Å²) in [6.45, 7) is 11.6. The van der Waals surface area contributed by atoms with Gasteiger partial charge in [0.05, 0.1) is 38.5 Å². The monoisotopic (exact) mass is 710 g/mol. The lowest BCUT2D eigenvalue weighted by molar-refractivity contribution is -0.135. The molecule has 14 nitrogen and oxygen atoms in total. The van der Waals surface area contributed by atoms with Gasteiger partial charge < -0.3 is 26.0 Å². The molecule has 15 heteroatoms. The third-order valence-electron chi connectivity index (χ3n) is 7.89. The van der Waals surface area contributed by atoms with Crippen LogP contribution in [0.4, 0.5) is 0 Å². The van der Waals surface area contributed by atoms with Gasteiger partial charge in [0.2, 0.25) is 23.6 Å². The molecule has 0 saturated carbocycles. The van der Waals surface area contributed by atoms with Crippen molar-refractivity contribution in [1.29, 1.82) is 0 Å². The smallest absolute Gasteiger partial charge is 0.361 e. The highest BCUT2D eigenvalue weighted by Gasteiger charge is 2.51. The van der Waals surface area contributed by atoms with Crippen LogP contribution in [0.1, 0.15) is 86.1 Å². The van der Waals surface area contributed by atoms with Crippen molar-refractivity contribution in [2.45, 2.75) is 117 Å². The van der Waals surface area contributed by atoms with Gasteiger partial charge in [0.15, 0.2) is 5.78 Å². The second-order valence-electron chi connectivity index (χ2n) is 12.8. The van der Waals surface area contributed by atoms with Crippen LogP contribution in [-0.2, 0) is 53.3 Å². The fourth-order valence-corrected chi connectivity index (χ4v) is 6.17. The Labute approximate surface area is 290 Å². The lowest BCUT2D eigenvalue weighted by atomic mass is 9.92. The molecule has 5 atom stereocenters. The van der Waals surface area contributed by atoms with E-state index in [-0.39, 0.29) is 37.9 Å². The highest BCUT2D eigenvalue weighted by Crippen LogP contribution is 2.51. The quantitative estimate of drug-likeness (QED) is 0.0703. The molecule has 1 aromatic rings. The molecule has 0 aromatic heterocycles. The van der Waals surface area contributed by atoms with Crippen LogP contribution >= 0.6 is 7.82 Å². The Morgan fingerprint density at radius 1 is 0.898 bits per heavy atom. The Bertz CT molecular complexity index is 1280. The van der Waals surface area contributed by atoms with Gasteiger partial charge >= 0.3 is 7.82 Å². The minimum atomic E-state index is -4.18. The van der Waals surface area contributed by atoms with Gasteiger partial charge in [0.1, 0.15) is 17.7 Å². The third kappa shape index (κ3) is 14.7. The lowest BCUT2D eigenvalue weighted by Gasteiger charge is -2.30. The van der Waals surface area contributed by atoms with E-state index in [1.165, 1.54) is 13.8 Å². The summed E-state index contributed by atoms with van der Waals surface area (Å²) in [5.41, 5.74) is -0.0462. The van der Waals surface area contributed by atoms with Gasteiger partial charge in [-0.15, -0.1) is 0 Å². The van der Waals surface area contributed by atoms with Crippen LogP contribution in [0.3, 0.4) is 0 Å². The highest BCUT2D eigenvalue weighted by atomic mass is 31.2. The first kappa shape index (κ1) is 42.0. The molecule has 1 saturated heterocycles. The molecule has 1 aliphatic heterocycles. The summed E-state index contributed by atoms with van der Waals surface area (Å²) < 4.78 is 35.8. The zero-order chi connectivity index (χ0) is 36.6. The molecule has 1 aromatic carbocycles. The van der Waals surface area contributed by atoms with E-state index in [1.54, 1.807) is 20.8 Å². The van der Waals surface area contributed by atoms with Crippen LogP contribution in [0.2, 0.25) is 0 Å². The lowest BCUT2D eigenvalue weighted by Crippen LogP contribution is -2.59. The number of nitrogens with one attached hydrogen (secondary N) is 4. The first-order chi connectivity index (χ1) is 23.1. The number of Topliss-reactive ketones (excluding diaryl/α,β-unsaturated/α-hetero) is 1. The number of ether oxygens (including phenoxy) is 1. The minimum Gasteiger partial charge on any atom is -0.361 e. The predicted octanol–water partition coefficient (Wildman–Crippen LogP) is 3.37. The van der Waals surface area contributed by atoms with Crippen molar-refractivity contribution in [1.82, 2.24) is 21.3 Å². The van der Waals surface area contributed by atoms with E-state index < -0.39 is 67.8 Å². The summed E-state index contributed by atoms with van der Waals surface area (Å²) in [4.78, 5) is 65.1. The van der Waals surface area contributed by atoms with Gasteiger partial charge in [-0.2, -0.15) is 0 Å². The Kier molecular flexibility index (Phi) is 17.6. The predicted molar refractivity (Wildman–Crippen MR) is 183 cm³/mol. The maximum absolute atomic E-state index is 13.8. The van der Waals surface area contributed by atoms with E-state index in [1.807, 2.05) is 44.2 Å². The van der Waals surface area contributed by atoms with Gasteiger partial charge in [0.25, 0.3) is 0 Å². The SMILES string of the molecule is CCCCOP(=O)(OCCCC)O[C@H](C)[C@H](NC(=O)CNC(=O)[C@H](CCc1ccccc1)NC(C)=O)C(=O)NC(C(=O)[C@@]1(C)CO1)C(C)C. The van der Waals surface area contributed by atoms with Crippen molar-refractivity contribution in [2.24, 2.45) is 5.92 Å². The maximum Gasteiger partial charge on any atom is 0.475 e. The number of phosphoric ester groups is 1. The van der Waals surface area contributed by atoms with Gasteiger partial charge in [0, 0.05) is 6.92 Å². The Morgan fingerprint density at radius 2 is 1.49 bits per heavy atom. The number of carbonyl (C=O) groups excluding carboxylic acids is 5. The molecule has 0 radical (unpaired) electrons. The molecule has 1 heterocycles. The zero-order valence-corrected chi connectivity index (χ0v) is 30.8. The molecule has 0 spiro atoms. The van der Waals surface area contributed by atoms with E-state index in [0.717, 1.165) is 18.4 Å². The molecule has 0 bridgehead atoms. The molecule has 49 heavy (non-hydrogen) atoms. The number of rotatable bonds is 24. The number of epoxide rings is 1. The summed E-state index contributed by atoms with van der Waals surface area (Å²) in [5, 5.41) is 10.4. The topological polar surface area (TPSA) is 191 Å². The number of amides is 4. The van der Waals surface area contributed by atoms with Crippen LogP contribution < -0.4 is 21.3 Å². The van der Waals surface area contributed by atoms with Gasteiger partial charge in [-0.25, -0.2) is 4.57 Å². The van der Waals surface area contributed by atoms with Crippen LogP contribution in [0.25, 0.3) is 0 Å². The number of carbonyl (C=O) groups is 5. The van der Waals surface area contributed by atoms with E-state index >= 15 is 0 Å². The summed E-state index contributed by atoms with van der Waals surface area (Å²) in [7, 11) is -4.18. The molecule has 2 rings (SSSR count). The largest absolute Gasteiger partial charge is 0.475 e. The molecule has 4 N–H and O–H groups in total. The van der Waals surface area contributed by atoms with Crippen molar-refractivity contribution in [3.05, 3.63) is 35.9 Å². The van der Waals surface area contributed by atoms with Crippen LogP contribution in [0.15, 0.2) is 30.3 Å². The van der Waals surface area contributed by atoms with Crippen molar-refractivity contribution >= 4 is 37.2 Å². The zero-order valence-electron chi connectivity index (χ0n) is 29.9. The summed E-state index contributed by atoms with van der Waals surface area (Å²) in [6.07, 6.45) is 2.22. The van der Waals surface area contributed by atoms with Crippen molar-refractivity contribution in [3.63, 3.8) is 0 Å². The van der Waals surface area contributed by atoms with Crippen LogP contribution in [-0.4, -0.2) is 85.6 Å². The van der Waals surface area contributed by atoms with E-state index in [0.29, 0.717) is 19.3 Å². The van der Waals surface area contributed by atoms with Gasteiger partial charge in [-0.3, -0.25) is 37.5 Å². The Hall–Kier alpha value is -3.16. The van der Waals surface area contributed by atoms with E-state index in [2.05, 4.69) is 21.3 Å². The first-order valence-electron chi connectivity index (χ1n) is 17.1. The van der Waals surface area contributed by atoms with Gasteiger partial charge in [-0.05, 0) is 51.0 Å². The Balaban J connectivity index is 2.23. The second kappa shape index (κ2) is 20.5. The third-order valence-corrected chi connectivity index (χ3v) is 9.47. The molecule has 276 valence electrons. The maximum atomic E-state index is 13.8.